The number of thioether (sulfide) groups is 1. The fraction of sp³-hybridized carbons (Fsp3) is 0.438. The molecule has 106 valence electrons. The van der Waals surface area contributed by atoms with Crippen molar-refractivity contribution in [3.63, 3.8) is 0 Å². The molecule has 20 heavy (non-hydrogen) atoms. The lowest BCUT2D eigenvalue weighted by molar-refractivity contribution is 0.305. The van der Waals surface area contributed by atoms with Crippen molar-refractivity contribution < 1.29 is 4.42 Å². The van der Waals surface area contributed by atoms with Gasteiger partial charge in [0.2, 0.25) is 0 Å². The van der Waals surface area contributed by atoms with Gasteiger partial charge in [0, 0.05) is 23.0 Å². The van der Waals surface area contributed by atoms with E-state index in [1.54, 1.807) is 6.20 Å². The molecule has 1 aromatic carbocycles. The average molecular weight is 288 g/mol. The van der Waals surface area contributed by atoms with Crippen molar-refractivity contribution in [3.8, 4) is 11.3 Å². The molecule has 2 heterocycles. The highest BCUT2D eigenvalue weighted by molar-refractivity contribution is 7.99. The first-order chi connectivity index (χ1) is 9.65. The van der Waals surface area contributed by atoms with E-state index in [1.807, 2.05) is 17.8 Å². The van der Waals surface area contributed by atoms with E-state index in [1.165, 1.54) is 24.3 Å². The van der Waals surface area contributed by atoms with Crippen molar-refractivity contribution in [3.05, 3.63) is 36.9 Å². The van der Waals surface area contributed by atoms with Crippen molar-refractivity contribution >= 4 is 17.4 Å². The van der Waals surface area contributed by atoms with Crippen LogP contribution in [-0.2, 0) is 0 Å². The zero-order valence-corrected chi connectivity index (χ0v) is 12.7. The second kappa shape index (κ2) is 5.52. The summed E-state index contributed by atoms with van der Waals surface area (Å²) in [7, 11) is 0. The van der Waals surface area contributed by atoms with Gasteiger partial charge in [0.15, 0.2) is 12.2 Å². The third kappa shape index (κ3) is 2.85. The Kier molecular flexibility index (Phi) is 3.74. The Labute approximate surface area is 124 Å². The lowest BCUT2D eigenvalue weighted by Crippen LogP contribution is -2.41. The molecule has 1 aliphatic rings. The van der Waals surface area contributed by atoms with Crippen LogP contribution < -0.4 is 5.32 Å². The highest BCUT2D eigenvalue weighted by Gasteiger charge is 2.32. The second-order valence-corrected chi connectivity index (χ2v) is 7.11. The Balaban J connectivity index is 1.79. The Morgan fingerprint density at radius 3 is 3.05 bits per heavy atom. The van der Waals surface area contributed by atoms with Crippen LogP contribution in [0.15, 0.2) is 41.3 Å². The van der Waals surface area contributed by atoms with E-state index in [0.717, 1.165) is 17.0 Å². The SMILES string of the molecule is CC1(C)CCSCC1Nc1cccc(-c2cnco2)c1. The van der Waals surface area contributed by atoms with E-state index in [0.29, 0.717) is 11.5 Å². The number of hydrogen-bond acceptors (Lipinski definition) is 4. The molecule has 1 saturated heterocycles. The number of hydrogen-bond donors (Lipinski definition) is 1. The van der Waals surface area contributed by atoms with Crippen molar-refractivity contribution in [1.82, 2.24) is 4.98 Å². The van der Waals surface area contributed by atoms with Gasteiger partial charge in [0.1, 0.15) is 0 Å². The normalized spacial score (nSPS) is 21.6. The third-order valence-corrected chi connectivity index (χ3v) is 5.10. The van der Waals surface area contributed by atoms with Gasteiger partial charge in [-0.15, -0.1) is 0 Å². The van der Waals surface area contributed by atoms with E-state index in [4.69, 9.17) is 4.42 Å². The lowest BCUT2D eigenvalue weighted by Gasteiger charge is -2.39. The lowest BCUT2D eigenvalue weighted by atomic mass is 9.82. The highest BCUT2D eigenvalue weighted by Crippen LogP contribution is 2.36. The quantitative estimate of drug-likeness (QED) is 0.914. The fourth-order valence-electron chi connectivity index (χ4n) is 2.50. The number of nitrogens with zero attached hydrogens (tertiary/aromatic N) is 1. The van der Waals surface area contributed by atoms with Crippen molar-refractivity contribution in [2.24, 2.45) is 5.41 Å². The molecule has 1 unspecified atom stereocenters. The predicted octanol–water partition coefficient (Wildman–Crippen LogP) is 4.29. The van der Waals surface area contributed by atoms with Crippen LogP contribution in [0.5, 0.6) is 0 Å². The monoisotopic (exact) mass is 288 g/mol. The number of oxazole rings is 1. The summed E-state index contributed by atoms with van der Waals surface area (Å²) < 4.78 is 5.36. The molecule has 4 heteroatoms. The van der Waals surface area contributed by atoms with Gasteiger partial charge in [0.25, 0.3) is 0 Å². The maximum absolute atomic E-state index is 5.36. The van der Waals surface area contributed by atoms with Gasteiger partial charge < -0.3 is 9.73 Å². The standard InChI is InChI=1S/C16H20N2OS/c1-16(2)6-7-20-10-15(16)18-13-5-3-4-12(8-13)14-9-17-11-19-14/h3-5,8-9,11,15,18H,6-7,10H2,1-2H3. The summed E-state index contributed by atoms with van der Waals surface area (Å²) in [5.74, 6) is 3.24. The van der Waals surface area contributed by atoms with Crippen LogP contribution in [0, 0.1) is 5.41 Å². The number of rotatable bonds is 3. The third-order valence-electron chi connectivity index (χ3n) is 4.04. The van der Waals surface area contributed by atoms with Crippen LogP contribution in [0.4, 0.5) is 5.69 Å². The topological polar surface area (TPSA) is 38.1 Å². The van der Waals surface area contributed by atoms with Gasteiger partial charge in [-0.25, -0.2) is 4.98 Å². The summed E-state index contributed by atoms with van der Waals surface area (Å²) in [5.41, 5.74) is 2.56. The molecule has 0 radical (unpaired) electrons. The molecule has 1 aromatic heterocycles. The van der Waals surface area contributed by atoms with E-state index in [2.05, 4.69) is 42.3 Å². The van der Waals surface area contributed by atoms with Crippen LogP contribution in [0.25, 0.3) is 11.3 Å². The highest BCUT2D eigenvalue weighted by atomic mass is 32.2. The fourth-order valence-corrected chi connectivity index (χ4v) is 4.10. The molecule has 3 rings (SSSR count). The summed E-state index contributed by atoms with van der Waals surface area (Å²) in [6, 6.07) is 8.87. The van der Waals surface area contributed by atoms with E-state index >= 15 is 0 Å². The van der Waals surface area contributed by atoms with Gasteiger partial charge in [-0.1, -0.05) is 26.0 Å². The number of benzene rings is 1. The zero-order chi connectivity index (χ0) is 14.0. The summed E-state index contributed by atoms with van der Waals surface area (Å²) >= 11 is 2.04. The number of nitrogens with one attached hydrogen (secondary N) is 1. The minimum absolute atomic E-state index is 0.341. The molecule has 0 aliphatic carbocycles. The minimum Gasteiger partial charge on any atom is -0.444 e. The van der Waals surface area contributed by atoms with Gasteiger partial charge >= 0.3 is 0 Å². The van der Waals surface area contributed by atoms with Crippen LogP contribution in [-0.4, -0.2) is 22.5 Å². The second-order valence-electron chi connectivity index (χ2n) is 5.96. The minimum atomic E-state index is 0.341. The summed E-state index contributed by atoms with van der Waals surface area (Å²) in [5, 5.41) is 3.69. The average Bonchev–Trinajstić information content (AvgIpc) is 2.96. The maximum Gasteiger partial charge on any atom is 0.181 e. The smallest absolute Gasteiger partial charge is 0.181 e. The van der Waals surface area contributed by atoms with Crippen LogP contribution in [0.3, 0.4) is 0 Å². The number of aromatic nitrogens is 1. The molecular formula is C16H20N2OS. The van der Waals surface area contributed by atoms with E-state index < -0.39 is 0 Å². The van der Waals surface area contributed by atoms with Gasteiger partial charge in [-0.3, -0.25) is 0 Å². The molecular weight excluding hydrogens is 268 g/mol. The Hall–Kier alpha value is -1.42. The van der Waals surface area contributed by atoms with Crippen molar-refractivity contribution in [1.29, 1.82) is 0 Å². The molecule has 1 fully saturated rings. The van der Waals surface area contributed by atoms with Gasteiger partial charge in [-0.2, -0.15) is 11.8 Å². The molecule has 2 aromatic rings. The van der Waals surface area contributed by atoms with Crippen LogP contribution in [0.2, 0.25) is 0 Å². The molecule has 3 nitrogen and oxygen atoms in total. The van der Waals surface area contributed by atoms with E-state index in [-0.39, 0.29) is 0 Å². The largest absolute Gasteiger partial charge is 0.444 e. The zero-order valence-electron chi connectivity index (χ0n) is 11.9. The van der Waals surface area contributed by atoms with Crippen molar-refractivity contribution in [2.45, 2.75) is 26.3 Å². The molecule has 0 spiro atoms. The Bertz CT molecular complexity index is 566. The Morgan fingerprint density at radius 2 is 2.30 bits per heavy atom. The maximum atomic E-state index is 5.36. The predicted molar refractivity (Wildman–Crippen MR) is 85.1 cm³/mol. The number of anilines is 1. The molecule has 1 aliphatic heterocycles. The van der Waals surface area contributed by atoms with E-state index in [9.17, 15) is 0 Å². The summed E-state index contributed by atoms with van der Waals surface area (Å²) in [4.78, 5) is 3.98. The van der Waals surface area contributed by atoms with Gasteiger partial charge in [-0.05, 0) is 29.7 Å². The van der Waals surface area contributed by atoms with Gasteiger partial charge in [0.05, 0.1) is 6.20 Å². The molecule has 0 bridgehead atoms. The molecule has 0 saturated carbocycles. The molecule has 1 N–H and O–H groups in total. The summed E-state index contributed by atoms with van der Waals surface area (Å²) in [6.45, 7) is 4.70. The van der Waals surface area contributed by atoms with Crippen LogP contribution in [0.1, 0.15) is 20.3 Å². The molecule has 0 amide bonds. The van der Waals surface area contributed by atoms with Crippen molar-refractivity contribution in [2.75, 3.05) is 16.8 Å². The first kappa shape index (κ1) is 13.6. The Morgan fingerprint density at radius 1 is 1.40 bits per heavy atom. The molecule has 1 atom stereocenters. The first-order valence-corrected chi connectivity index (χ1v) is 8.14. The van der Waals surface area contributed by atoms with Crippen LogP contribution >= 0.6 is 11.8 Å². The summed E-state index contributed by atoms with van der Waals surface area (Å²) in [6.07, 6.45) is 4.48. The first-order valence-electron chi connectivity index (χ1n) is 6.98.